The van der Waals surface area contributed by atoms with Gasteiger partial charge in [0.25, 0.3) is 0 Å². The van der Waals surface area contributed by atoms with Crippen LogP contribution in [0.25, 0.3) is 0 Å². The molecule has 0 fully saturated rings. The van der Waals surface area contributed by atoms with Gasteiger partial charge in [0.2, 0.25) is 0 Å². The Morgan fingerprint density at radius 1 is 1.33 bits per heavy atom. The molecule has 0 aromatic carbocycles. The van der Waals surface area contributed by atoms with Gasteiger partial charge in [-0.25, -0.2) is 0 Å². The van der Waals surface area contributed by atoms with Gasteiger partial charge in [-0.1, -0.05) is 0 Å². The lowest BCUT2D eigenvalue weighted by molar-refractivity contribution is -0.0907. The highest BCUT2D eigenvalue weighted by molar-refractivity contribution is 4.43. The first kappa shape index (κ1) is 8.88. The largest absolute Gasteiger partial charge is 0.393 e. The van der Waals surface area contributed by atoms with Crippen LogP contribution in [0.2, 0.25) is 0 Å². The minimum absolute atomic E-state index is 0.344. The second-order valence-corrected chi connectivity index (χ2v) is 2.11. The zero-order valence-electron chi connectivity index (χ0n) is 5.87. The van der Waals surface area contributed by atoms with Crippen molar-refractivity contribution >= 4 is 0 Å². The van der Waals surface area contributed by atoms with E-state index in [2.05, 4.69) is 0 Å². The summed E-state index contributed by atoms with van der Waals surface area (Å²) >= 11 is 0. The first-order chi connectivity index (χ1) is 4.13. The van der Waals surface area contributed by atoms with E-state index in [1.807, 2.05) is 0 Å². The highest BCUT2D eigenvalue weighted by Gasteiger charge is 1.97. The molecule has 0 amide bonds. The highest BCUT2D eigenvalue weighted by atomic mass is 16.6. The average Bonchev–Trinajstić information content (AvgIpc) is 1.63. The maximum Gasteiger partial charge on any atom is 0.151 e. The van der Waals surface area contributed by atoms with Crippen molar-refractivity contribution in [1.29, 1.82) is 0 Å². The van der Waals surface area contributed by atoms with Gasteiger partial charge >= 0.3 is 0 Å². The van der Waals surface area contributed by atoms with Crippen molar-refractivity contribution in [3.63, 3.8) is 0 Å². The van der Waals surface area contributed by atoms with E-state index in [4.69, 9.17) is 14.9 Å². The van der Waals surface area contributed by atoms with Crippen molar-refractivity contribution in [3.8, 4) is 0 Å². The summed E-state index contributed by atoms with van der Waals surface area (Å²) < 4.78 is 4.75. The molecule has 0 saturated heterocycles. The fourth-order valence-corrected chi connectivity index (χ4v) is 0.409. The molecule has 56 valence electrons. The van der Waals surface area contributed by atoms with Crippen LogP contribution in [0.3, 0.4) is 0 Å². The summed E-state index contributed by atoms with van der Waals surface area (Å²) in [5.74, 6) is 0. The second kappa shape index (κ2) is 4.73. The monoisotopic (exact) mass is 134 g/mol. The molecule has 0 radical (unpaired) electrons. The Morgan fingerprint density at radius 2 is 1.89 bits per heavy atom. The van der Waals surface area contributed by atoms with Gasteiger partial charge in [-0.3, -0.25) is 0 Å². The van der Waals surface area contributed by atoms with Crippen LogP contribution in [0.5, 0.6) is 0 Å². The van der Waals surface area contributed by atoms with E-state index >= 15 is 0 Å². The van der Waals surface area contributed by atoms with Gasteiger partial charge in [-0.2, -0.15) is 0 Å². The Morgan fingerprint density at radius 3 is 2.22 bits per heavy atom. The standard InChI is InChI=1S/C6H14O3/c1-5(7)3-4-9-6(2)8/h5-8H,3-4H2,1-2H3. The van der Waals surface area contributed by atoms with Crippen molar-refractivity contribution in [2.75, 3.05) is 6.61 Å². The summed E-state index contributed by atoms with van der Waals surface area (Å²) in [7, 11) is 0. The van der Waals surface area contributed by atoms with Gasteiger partial charge in [-0.05, 0) is 20.3 Å². The first-order valence-electron chi connectivity index (χ1n) is 3.10. The van der Waals surface area contributed by atoms with E-state index in [9.17, 15) is 0 Å². The summed E-state index contributed by atoms with van der Waals surface area (Å²) in [6, 6.07) is 0. The van der Waals surface area contributed by atoms with Crippen LogP contribution in [0, 0.1) is 0 Å². The van der Waals surface area contributed by atoms with Crippen molar-refractivity contribution in [2.45, 2.75) is 32.7 Å². The van der Waals surface area contributed by atoms with E-state index in [-0.39, 0.29) is 6.10 Å². The lowest BCUT2D eigenvalue weighted by Crippen LogP contribution is -2.11. The van der Waals surface area contributed by atoms with Crippen molar-refractivity contribution in [1.82, 2.24) is 0 Å². The molecule has 2 N–H and O–H groups in total. The van der Waals surface area contributed by atoms with E-state index in [1.54, 1.807) is 13.8 Å². The SMILES string of the molecule is CC(O)CCOC(C)O. The van der Waals surface area contributed by atoms with Crippen LogP contribution in [0.1, 0.15) is 20.3 Å². The predicted octanol–water partition coefficient (Wildman–Crippen LogP) is 0.112. The maximum absolute atomic E-state index is 8.70. The van der Waals surface area contributed by atoms with Crippen LogP contribution in [-0.4, -0.2) is 29.2 Å². The summed E-state index contributed by atoms with van der Waals surface area (Å²) in [6.07, 6.45) is -0.488. The summed E-state index contributed by atoms with van der Waals surface area (Å²) in [4.78, 5) is 0. The molecule has 0 aromatic rings. The van der Waals surface area contributed by atoms with Crippen LogP contribution < -0.4 is 0 Å². The zero-order valence-corrected chi connectivity index (χ0v) is 5.87. The maximum atomic E-state index is 8.70. The van der Waals surface area contributed by atoms with Crippen molar-refractivity contribution in [3.05, 3.63) is 0 Å². The summed E-state index contributed by atoms with van der Waals surface area (Å²) in [5.41, 5.74) is 0. The van der Waals surface area contributed by atoms with Crippen LogP contribution in [0.15, 0.2) is 0 Å². The molecule has 0 heterocycles. The van der Waals surface area contributed by atoms with Gasteiger partial charge in [0, 0.05) is 0 Å². The number of aliphatic hydroxyl groups excluding tert-OH is 2. The number of ether oxygens (including phenoxy) is 1. The van der Waals surface area contributed by atoms with Gasteiger partial charge < -0.3 is 14.9 Å². The predicted molar refractivity (Wildman–Crippen MR) is 33.9 cm³/mol. The van der Waals surface area contributed by atoms with Crippen LogP contribution >= 0.6 is 0 Å². The van der Waals surface area contributed by atoms with Crippen molar-refractivity contribution < 1.29 is 14.9 Å². The molecule has 0 saturated carbocycles. The minimum Gasteiger partial charge on any atom is -0.393 e. The van der Waals surface area contributed by atoms with E-state index in [1.165, 1.54) is 0 Å². The Kier molecular flexibility index (Phi) is 4.67. The van der Waals surface area contributed by atoms with Gasteiger partial charge in [-0.15, -0.1) is 0 Å². The third kappa shape index (κ3) is 7.88. The highest BCUT2D eigenvalue weighted by Crippen LogP contribution is 1.91. The zero-order chi connectivity index (χ0) is 7.28. The molecule has 0 aliphatic rings. The number of hydrogen-bond acceptors (Lipinski definition) is 3. The van der Waals surface area contributed by atoms with E-state index in [0.717, 1.165) is 0 Å². The molecule has 0 spiro atoms. The third-order valence-corrected chi connectivity index (χ3v) is 0.895. The molecular formula is C6H14O3. The Hall–Kier alpha value is -0.120. The molecule has 3 heteroatoms. The number of rotatable bonds is 4. The Balaban J connectivity index is 2.91. The minimum atomic E-state index is -0.719. The fraction of sp³-hybridized carbons (Fsp3) is 1.00. The molecule has 0 aliphatic heterocycles. The van der Waals surface area contributed by atoms with E-state index < -0.39 is 6.29 Å². The summed E-state index contributed by atoms with van der Waals surface area (Å²) in [6.45, 7) is 3.64. The lowest BCUT2D eigenvalue weighted by atomic mass is 10.3. The molecule has 2 unspecified atom stereocenters. The first-order valence-corrected chi connectivity index (χ1v) is 3.10. The average molecular weight is 134 g/mol. The van der Waals surface area contributed by atoms with E-state index in [0.29, 0.717) is 13.0 Å². The normalized spacial score (nSPS) is 17.3. The lowest BCUT2D eigenvalue weighted by Gasteiger charge is -2.06. The van der Waals surface area contributed by atoms with Crippen LogP contribution in [0.4, 0.5) is 0 Å². The Labute approximate surface area is 55.3 Å². The molecule has 3 nitrogen and oxygen atoms in total. The molecule has 0 aromatic heterocycles. The Bertz CT molecular complexity index is 53.3. The fourth-order valence-electron chi connectivity index (χ4n) is 0.409. The smallest absolute Gasteiger partial charge is 0.151 e. The van der Waals surface area contributed by atoms with Crippen LogP contribution in [-0.2, 0) is 4.74 Å². The number of hydrogen-bond donors (Lipinski definition) is 2. The molecular weight excluding hydrogens is 120 g/mol. The third-order valence-electron chi connectivity index (χ3n) is 0.895. The second-order valence-electron chi connectivity index (χ2n) is 2.11. The summed E-state index contributed by atoms with van der Waals surface area (Å²) in [5, 5.41) is 17.3. The molecule has 0 aliphatic carbocycles. The van der Waals surface area contributed by atoms with Gasteiger partial charge in [0.15, 0.2) is 6.29 Å². The molecule has 0 bridgehead atoms. The quantitative estimate of drug-likeness (QED) is 0.536. The molecule has 2 atom stereocenters. The molecule has 9 heavy (non-hydrogen) atoms. The van der Waals surface area contributed by atoms with Gasteiger partial charge in [0.1, 0.15) is 0 Å². The van der Waals surface area contributed by atoms with Gasteiger partial charge in [0.05, 0.1) is 12.7 Å². The number of aliphatic hydroxyl groups is 2. The topological polar surface area (TPSA) is 49.7 Å². The molecule has 0 rings (SSSR count). The van der Waals surface area contributed by atoms with Crippen molar-refractivity contribution in [2.24, 2.45) is 0 Å².